The molecule has 5 heteroatoms. The minimum atomic E-state index is 0.113. The van der Waals surface area contributed by atoms with E-state index in [9.17, 15) is 5.11 Å². The van der Waals surface area contributed by atoms with E-state index >= 15 is 0 Å². The Morgan fingerprint density at radius 3 is 2.94 bits per heavy atom. The highest BCUT2D eigenvalue weighted by atomic mass is 16.5. The number of aromatic hydroxyl groups is 1. The molecule has 0 bridgehead atoms. The summed E-state index contributed by atoms with van der Waals surface area (Å²) in [6.07, 6.45) is 1.01. The van der Waals surface area contributed by atoms with Crippen molar-refractivity contribution in [2.24, 2.45) is 10.7 Å². The molecule has 1 aromatic rings. The van der Waals surface area contributed by atoms with Crippen molar-refractivity contribution in [1.82, 2.24) is 4.90 Å². The van der Waals surface area contributed by atoms with Crippen LogP contribution in [0.4, 0.5) is 0 Å². The summed E-state index contributed by atoms with van der Waals surface area (Å²) < 4.78 is 5.04. The number of methoxy groups -OCH3 is 1. The summed E-state index contributed by atoms with van der Waals surface area (Å²) in [7, 11) is 1.54. The zero-order valence-corrected chi connectivity index (χ0v) is 10.8. The number of hydrogen-bond acceptors (Lipinski definition) is 5. The predicted octanol–water partition coefficient (Wildman–Crippen LogP) is 1.48. The van der Waals surface area contributed by atoms with Gasteiger partial charge in [-0.05, 0) is 24.1 Å². The average molecular weight is 249 g/mol. The first-order valence-corrected chi connectivity index (χ1v) is 6.10. The molecule has 0 radical (unpaired) electrons. The highest BCUT2D eigenvalue weighted by Gasteiger charge is 2.27. The fourth-order valence-electron chi connectivity index (χ4n) is 2.24. The third-order valence-corrected chi connectivity index (χ3v) is 3.15. The molecule has 1 unspecified atom stereocenters. The first-order chi connectivity index (χ1) is 8.67. The van der Waals surface area contributed by atoms with E-state index in [1.165, 1.54) is 7.11 Å². The number of rotatable bonds is 4. The van der Waals surface area contributed by atoms with Crippen molar-refractivity contribution in [2.75, 3.05) is 20.2 Å². The Balaban J connectivity index is 2.24. The summed E-state index contributed by atoms with van der Waals surface area (Å²) in [4.78, 5) is 6.34. The molecule has 1 aliphatic heterocycles. The molecule has 0 amide bonds. The molecule has 0 aromatic heterocycles. The van der Waals surface area contributed by atoms with Gasteiger partial charge in [0.1, 0.15) is 0 Å². The van der Waals surface area contributed by atoms with Crippen molar-refractivity contribution in [1.29, 1.82) is 0 Å². The van der Waals surface area contributed by atoms with Crippen molar-refractivity contribution in [2.45, 2.75) is 19.4 Å². The van der Waals surface area contributed by atoms with Crippen LogP contribution in [0.3, 0.4) is 0 Å². The minimum absolute atomic E-state index is 0.113. The van der Waals surface area contributed by atoms with Gasteiger partial charge in [0.25, 0.3) is 0 Å². The maximum absolute atomic E-state index is 9.82. The van der Waals surface area contributed by atoms with E-state index in [0.717, 1.165) is 18.5 Å². The van der Waals surface area contributed by atoms with E-state index in [2.05, 4.69) is 16.8 Å². The van der Waals surface area contributed by atoms with Gasteiger partial charge in [-0.3, -0.25) is 4.99 Å². The Bertz CT molecular complexity index is 460. The van der Waals surface area contributed by atoms with Gasteiger partial charge in [-0.2, -0.15) is 0 Å². The second-order valence-electron chi connectivity index (χ2n) is 4.34. The molecule has 0 spiro atoms. The van der Waals surface area contributed by atoms with Gasteiger partial charge in [0, 0.05) is 6.54 Å². The smallest absolute Gasteiger partial charge is 0.191 e. The second-order valence-corrected chi connectivity index (χ2v) is 4.34. The summed E-state index contributed by atoms with van der Waals surface area (Å²) >= 11 is 0. The Labute approximate surface area is 107 Å². The van der Waals surface area contributed by atoms with Crippen LogP contribution >= 0.6 is 0 Å². The molecule has 1 aliphatic rings. The Morgan fingerprint density at radius 1 is 1.56 bits per heavy atom. The summed E-state index contributed by atoms with van der Waals surface area (Å²) in [6, 6.07) is 5.55. The molecular weight excluding hydrogens is 230 g/mol. The number of phenolic OH excluding ortho intramolecular Hbond substituents is 1. The number of guanidine groups is 1. The fraction of sp³-hybridized carbons (Fsp3) is 0.462. The van der Waals surface area contributed by atoms with Gasteiger partial charge < -0.3 is 20.5 Å². The Hall–Kier alpha value is -1.91. The maximum atomic E-state index is 9.82. The van der Waals surface area contributed by atoms with Crippen LogP contribution in [0.15, 0.2) is 23.2 Å². The van der Waals surface area contributed by atoms with Gasteiger partial charge in [-0.25, -0.2) is 0 Å². The molecule has 1 atom stereocenters. The van der Waals surface area contributed by atoms with Crippen LogP contribution in [0.25, 0.3) is 0 Å². The van der Waals surface area contributed by atoms with Gasteiger partial charge in [-0.15, -0.1) is 0 Å². The number of benzene rings is 1. The number of nitrogens with two attached hydrogens (primary N) is 1. The Morgan fingerprint density at radius 2 is 2.33 bits per heavy atom. The number of ether oxygens (including phenoxy) is 1. The van der Waals surface area contributed by atoms with Crippen LogP contribution in [-0.2, 0) is 0 Å². The first kappa shape index (κ1) is 12.5. The molecule has 98 valence electrons. The standard InChI is InChI=1S/C13H19N3O2/c1-3-6-16-10(8-15-13(16)14)9-4-5-12(18-2)11(17)7-9/h4-5,7,10,17H,3,6,8H2,1-2H3,(H2,14,15). The molecule has 2 rings (SSSR count). The van der Waals surface area contributed by atoms with Crippen molar-refractivity contribution >= 4 is 5.96 Å². The van der Waals surface area contributed by atoms with Gasteiger partial charge in [0.2, 0.25) is 0 Å². The Kier molecular flexibility index (Phi) is 3.60. The first-order valence-electron chi connectivity index (χ1n) is 6.10. The molecule has 0 fully saturated rings. The zero-order valence-electron chi connectivity index (χ0n) is 10.8. The van der Waals surface area contributed by atoms with Gasteiger partial charge in [0.05, 0.1) is 19.7 Å². The maximum Gasteiger partial charge on any atom is 0.191 e. The normalized spacial score (nSPS) is 18.9. The summed E-state index contributed by atoms with van der Waals surface area (Å²) in [5, 5.41) is 9.82. The molecule has 1 aromatic carbocycles. The highest BCUT2D eigenvalue weighted by molar-refractivity contribution is 5.80. The number of phenols is 1. The van der Waals surface area contributed by atoms with Crippen molar-refractivity contribution < 1.29 is 9.84 Å². The average Bonchev–Trinajstić information content (AvgIpc) is 2.72. The van der Waals surface area contributed by atoms with Crippen LogP contribution in [0, 0.1) is 0 Å². The number of hydrogen-bond donors (Lipinski definition) is 2. The van der Waals surface area contributed by atoms with Crippen LogP contribution in [0.2, 0.25) is 0 Å². The predicted molar refractivity (Wildman–Crippen MR) is 70.9 cm³/mol. The van der Waals surface area contributed by atoms with E-state index in [1.807, 2.05) is 6.07 Å². The summed E-state index contributed by atoms with van der Waals surface area (Å²) in [5.74, 6) is 1.21. The van der Waals surface area contributed by atoms with E-state index < -0.39 is 0 Å². The van der Waals surface area contributed by atoms with Crippen molar-refractivity contribution in [3.8, 4) is 11.5 Å². The van der Waals surface area contributed by atoms with Crippen LogP contribution in [0.5, 0.6) is 11.5 Å². The van der Waals surface area contributed by atoms with Crippen molar-refractivity contribution in [3.63, 3.8) is 0 Å². The SMILES string of the molecule is CCCN1C(N)=NCC1c1ccc(OC)c(O)c1. The van der Waals surface area contributed by atoms with Crippen LogP contribution in [0.1, 0.15) is 24.9 Å². The van der Waals surface area contributed by atoms with Crippen molar-refractivity contribution in [3.05, 3.63) is 23.8 Å². The van der Waals surface area contributed by atoms with Crippen LogP contribution in [-0.4, -0.2) is 36.2 Å². The monoisotopic (exact) mass is 249 g/mol. The topological polar surface area (TPSA) is 71.1 Å². The van der Waals surface area contributed by atoms with E-state index in [0.29, 0.717) is 18.3 Å². The van der Waals surface area contributed by atoms with E-state index in [-0.39, 0.29) is 11.8 Å². The lowest BCUT2D eigenvalue weighted by Crippen LogP contribution is -2.36. The second kappa shape index (κ2) is 5.16. The zero-order chi connectivity index (χ0) is 13.1. The summed E-state index contributed by atoms with van der Waals surface area (Å²) in [6.45, 7) is 3.61. The molecule has 0 saturated heterocycles. The third-order valence-electron chi connectivity index (χ3n) is 3.15. The molecule has 18 heavy (non-hydrogen) atoms. The highest BCUT2D eigenvalue weighted by Crippen LogP contribution is 2.32. The summed E-state index contributed by atoms with van der Waals surface area (Å²) in [5.41, 5.74) is 6.88. The van der Waals surface area contributed by atoms with E-state index in [4.69, 9.17) is 10.5 Å². The molecule has 0 aliphatic carbocycles. The minimum Gasteiger partial charge on any atom is -0.504 e. The number of aliphatic imine (C=N–C) groups is 1. The molecule has 3 N–H and O–H groups in total. The lowest BCUT2D eigenvalue weighted by atomic mass is 10.1. The largest absolute Gasteiger partial charge is 0.504 e. The van der Waals surface area contributed by atoms with Gasteiger partial charge in [0.15, 0.2) is 17.5 Å². The molecule has 1 heterocycles. The lowest BCUT2D eigenvalue weighted by molar-refractivity contribution is 0.342. The fourth-order valence-corrected chi connectivity index (χ4v) is 2.24. The molecular formula is C13H19N3O2. The van der Waals surface area contributed by atoms with Gasteiger partial charge >= 0.3 is 0 Å². The van der Waals surface area contributed by atoms with Gasteiger partial charge in [-0.1, -0.05) is 13.0 Å². The molecule has 5 nitrogen and oxygen atoms in total. The van der Waals surface area contributed by atoms with Crippen LogP contribution < -0.4 is 10.5 Å². The third kappa shape index (κ3) is 2.20. The number of nitrogens with zero attached hydrogens (tertiary/aromatic N) is 2. The quantitative estimate of drug-likeness (QED) is 0.848. The van der Waals surface area contributed by atoms with E-state index in [1.54, 1.807) is 12.1 Å². The lowest BCUT2D eigenvalue weighted by Gasteiger charge is -2.26. The molecule has 0 saturated carbocycles.